The molecule has 0 amide bonds. The molecule has 0 bridgehead atoms. The molecule has 0 heterocycles. The van der Waals surface area contributed by atoms with E-state index in [1.54, 1.807) is 0 Å². The highest BCUT2D eigenvalue weighted by atomic mass is 16.3. The molecule has 1 rings (SSSR count). The van der Waals surface area contributed by atoms with E-state index in [-0.39, 0.29) is 0 Å². The summed E-state index contributed by atoms with van der Waals surface area (Å²) in [6.45, 7) is 7.49. The van der Waals surface area contributed by atoms with Crippen LogP contribution in [-0.4, -0.2) is 10.7 Å². The van der Waals surface area contributed by atoms with E-state index in [0.717, 1.165) is 19.3 Å². The van der Waals surface area contributed by atoms with E-state index in [1.165, 1.54) is 32.1 Å². The molecule has 86 valence electrons. The molecule has 1 heteroatoms. The highest BCUT2D eigenvalue weighted by molar-refractivity contribution is 4.94. The zero-order valence-electron chi connectivity index (χ0n) is 9.75. The van der Waals surface area contributed by atoms with Gasteiger partial charge in [0.25, 0.3) is 0 Å². The van der Waals surface area contributed by atoms with E-state index in [1.807, 2.05) is 12.2 Å². The number of rotatable bonds is 6. The van der Waals surface area contributed by atoms with Crippen molar-refractivity contribution in [2.75, 3.05) is 0 Å². The molecule has 15 heavy (non-hydrogen) atoms. The first-order valence-corrected chi connectivity index (χ1v) is 6.17. The van der Waals surface area contributed by atoms with Crippen LogP contribution in [0.1, 0.15) is 51.4 Å². The number of aliphatic hydroxyl groups is 1. The first-order valence-electron chi connectivity index (χ1n) is 6.17. The van der Waals surface area contributed by atoms with Crippen molar-refractivity contribution in [3.05, 3.63) is 25.3 Å². The third-order valence-electron chi connectivity index (χ3n) is 3.64. The van der Waals surface area contributed by atoms with Gasteiger partial charge in [-0.25, -0.2) is 0 Å². The van der Waals surface area contributed by atoms with Gasteiger partial charge in [0.15, 0.2) is 0 Å². The molecule has 0 aromatic heterocycles. The molecule has 1 aliphatic carbocycles. The van der Waals surface area contributed by atoms with Crippen molar-refractivity contribution < 1.29 is 5.11 Å². The quantitative estimate of drug-likeness (QED) is 0.657. The molecule has 0 spiro atoms. The summed E-state index contributed by atoms with van der Waals surface area (Å²) in [6.07, 6.45) is 12.5. The van der Waals surface area contributed by atoms with Crippen molar-refractivity contribution in [1.29, 1.82) is 0 Å². The molecule has 0 aromatic carbocycles. The van der Waals surface area contributed by atoms with Gasteiger partial charge in [-0.2, -0.15) is 0 Å². The zero-order chi connectivity index (χ0) is 11.1. The maximum Gasteiger partial charge on any atom is 0.0712 e. The summed E-state index contributed by atoms with van der Waals surface area (Å²) in [6, 6.07) is 0. The van der Waals surface area contributed by atoms with Crippen molar-refractivity contribution in [2.45, 2.75) is 57.0 Å². The highest BCUT2D eigenvalue weighted by Crippen LogP contribution is 2.37. The van der Waals surface area contributed by atoms with Crippen LogP contribution in [0.2, 0.25) is 0 Å². The number of allylic oxidation sites excluding steroid dienone is 1. The third kappa shape index (κ3) is 3.49. The lowest BCUT2D eigenvalue weighted by Gasteiger charge is -2.38. The summed E-state index contributed by atoms with van der Waals surface area (Å²) in [7, 11) is 0. The van der Waals surface area contributed by atoms with Gasteiger partial charge >= 0.3 is 0 Å². The van der Waals surface area contributed by atoms with Crippen molar-refractivity contribution in [1.82, 2.24) is 0 Å². The van der Waals surface area contributed by atoms with E-state index in [4.69, 9.17) is 0 Å². The Labute approximate surface area is 93.9 Å². The van der Waals surface area contributed by atoms with Crippen LogP contribution in [-0.2, 0) is 0 Å². The van der Waals surface area contributed by atoms with Gasteiger partial charge in [-0.05, 0) is 38.0 Å². The van der Waals surface area contributed by atoms with Crippen molar-refractivity contribution >= 4 is 0 Å². The van der Waals surface area contributed by atoms with Crippen LogP contribution in [0.25, 0.3) is 0 Å². The Balaban J connectivity index is 2.59. The molecule has 1 atom stereocenters. The van der Waals surface area contributed by atoms with Crippen LogP contribution in [0.4, 0.5) is 0 Å². The van der Waals surface area contributed by atoms with E-state index in [0.29, 0.717) is 5.92 Å². The normalized spacial score (nSPS) is 21.9. The fourth-order valence-corrected chi connectivity index (χ4v) is 2.71. The van der Waals surface area contributed by atoms with Gasteiger partial charge in [-0.1, -0.05) is 31.4 Å². The summed E-state index contributed by atoms with van der Waals surface area (Å²) >= 11 is 0. The fourth-order valence-electron chi connectivity index (χ4n) is 2.71. The first-order chi connectivity index (χ1) is 7.23. The van der Waals surface area contributed by atoms with E-state index >= 15 is 0 Å². The maximum atomic E-state index is 10.6. The van der Waals surface area contributed by atoms with Crippen molar-refractivity contribution in [2.24, 2.45) is 5.92 Å². The van der Waals surface area contributed by atoms with Gasteiger partial charge in [0.2, 0.25) is 0 Å². The van der Waals surface area contributed by atoms with Crippen molar-refractivity contribution in [3.8, 4) is 0 Å². The minimum Gasteiger partial charge on any atom is -0.389 e. The van der Waals surface area contributed by atoms with Gasteiger partial charge in [-0.15, -0.1) is 13.2 Å². The molecule has 1 saturated carbocycles. The average molecular weight is 208 g/mol. The zero-order valence-corrected chi connectivity index (χ0v) is 9.75. The van der Waals surface area contributed by atoms with Crippen LogP contribution < -0.4 is 0 Å². The Morgan fingerprint density at radius 3 is 2.33 bits per heavy atom. The van der Waals surface area contributed by atoms with Gasteiger partial charge in [0.1, 0.15) is 0 Å². The lowest BCUT2D eigenvalue weighted by atomic mass is 9.73. The molecule has 0 saturated heterocycles. The SMILES string of the molecule is C=CCCC(O)(CC=C)C1CCCCC1. The van der Waals surface area contributed by atoms with E-state index < -0.39 is 5.60 Å². The van der Waals surface area contributed by atoms with Crippen molar-refractivity contribution in [3.63, 3.8) is 0 Å². The largest absolute Gasteiger partial charge is 0.389 e. The first kappa shape index (κ1) is 12.5. The third-order valence-corrected chi connectivity index (χ3v) is 3.64. The van der Waals surface area contributed by atoms with Crippen LogP contribution in [0.5, 0.6) is 0 Å². The second-order valence-electron chi connectivity index (χ2n) is 4.76. The Morgan fingerprint density at radius 1 is 1.13 bits per heavy atom. The van der Waals surface area contributed by atoms with Gasteiger partial charge in [0.05, 0.1) is 5.60 Å². The lowest BCUT2D eigenvalue weighted by molar-refractivity contribution is -0.0367. The van der Waals surface area contributed by atoms with Crippen LogP contribution in [0, 0.1) is 5.92 Å². The predicted octanol–water partition coefficient (Wildman–Crippen LogP) is 3.84. The lowest BCUT2D eigenvalue weighted by Crippen LogP contribution is -2.38. The molecule has 1 fully saturated rings. The summed E-state index contributed by atoms with van der Waals surface area (Å²) in [5, 5.41) is 10.6. The maximum absolute atomic E-state index is 10.6. The van der Waals surface area contributed by atoms with E-state index in [9.17, 15) is 5.11 Å². The van der Waals surface area contributed by atoms with Crippen LogP contribution in [0.3, 0.4) is 0 Å². The number of hydrogen-bond acceptors (Lipinski definition) is 1. The highest BCUT2D eigenvalue weighted by Gasteiger charge is 2.35. The van der Waals surface area contributed by atoms with Gasteiger partial charge in [-0.3, -0.25) is 0 Å². The molecule has 0 aromatic rings. The number of hydrogen-bond donors (Lipinski definition) is 1. The van der Waals surface area contributed by atoms with Gasteiger partial charge in [0, 0.05) is 0 Å². The second-order valence-corrected chi connectivity index (χ2v) is 4.76. The molecule has 1 N–H and O–H groups in total. The Morgan fingerprint density at radius 2 is 1.80 bits per heavy atom. The Hall–Kier alpha value is -0.560. The Kier molecular flexibility index (Phi) is 5.10. The molecule has 1 nitrogen and oxygen atoms in total. The Bertz CT molecular complexity index is 203. The predicted molar refractivity (Wildman–Crippen MR) is 65.8 cm³/mol. The molecule has 1 unspecified atom stereocenters. The fraction of sp³-hybridized carbons (Fsp3) is 0.714. The molecule has 1 aliphatic rings. The molecule has 0 radical (unpaired) electrons. The van der Waals surface area contributed by atoms with Crippen LogP contribution in [0.15, 0.2) is 25.3 Å². The summed E-state index contributed by atoms with van der Waals surface area (Å²) < 4.78 is 0. The second kappa shape index (κ2) is 6.12. The molecular formula is C14H24O. The summed E-state index contributed by atoms with van der Waals surface area (Å²) in [5.74, 6) is 0.476. The minimum atomic E-state index is -0.517. The standard InChI is InChI=1S/C14H24O/c1-3-5-12-14(15,11-4-2)13-9-7-6-8-10-13/h3-4,13,15H,1-2,5-12H2. The minimum absolute atomic E-state index is 0.476. The van der Waals surface area contributed by atoms with Gasteiger partial charge < -0.3 is 5.11 Å². The van der Waals surface area contributed by atoms with E-state index in [2.05, 4.69) is 13.2 Å². The summed E-state index contributed by atoms with van der Waals surface area (Å²) in [5.41, 5.74) is -0.517. The molecular weight excluding hydrogens is 184 g/mol. The monoisotopic (exact) mass is 208 g/mol. The van der Waals surface area contributed by atoms with Crippen LogP contribution >= 0.6 is 0 Å². The summed E-state index contributed by atoms with van der Waals surface area (Å²) in [4.78, 5) is 0. The molecule has 0 aliphatic heterocycles. The average Bonchev–Trinajstić information content (AvgIpc) is 2.28. The smallest absolute Gasteiger partial charge is 0.0712 e. The topological polar surface area (TPSA) is 20.2 Å².